The molecule has 114 valence electrons. The first-order valence-electron chi connectivity index (χ1n) is 7.68. The average Bonchev–Trinajstić information content (AvgIpc) is 2.54. The van der Waals surface area contributed by atoms with Crippen LogP contribution in [0.3, 0.4) is 0 Å². The second kappa shape index (κ2) is 6.90. The van der Waals surface area contributed by atoms with Crippen molar-refractivity contribution in [2.75, 3.05) is 7.11 Å². The van der Waals surface area contributed by atoms with Gasteiger partial charge < -0.3 is 4.74 Å². The lowest BCUT2D eigenvalue weighted by atomic mass is 9.89. The molecule has 0 saturated carbocycles. The van der Waals surface area contributed by atoms with E-state index in [4.69, 9.17) is 4.74 Å². The Labute approximate surface area is 127 Å². The summed E-state index contributed by atoms with van der Waals surface area (Å²) in [6.45, 7) is 6.40. The first kappa shape index (κ1) is 15.8. The number of benzene rings is 1. The molecule has 0 fully saturated rings. The fourth-order valence-electron chi connectivity index (χ4n) is 3.22. The zero-order valence-corrected chi connectivity index (χ0v) is 13.3. The molecule has 3 nitrogen and oxygen atoms in total. The van der Waals surface area contributed by atoms with Gasteiger partial charge in [0.05, 0.1) is 7.11 Å². The molecular weight excluding hydrogens is 262 g/mol. The van der Waals surface area contributed by atoms with Gasteiger partial charge in [-0.2, -0.15) is 0 Å². The van der Waals surface area contributed by atoms with Gasteiger partial charge in [-0.3, -0.25) is 9.69 Å². The van der Waals surface area contributed by atoms with Crippen molar-refractivity contribution in [1.82, 2.24) is 4.90 Å². The number of carbonyl (C=O) groups is 1. The number of esters is 1. The molecule has 1 aromatic rings. The van der Waals surface area contributed by atoms with Crippen molar-refractivity contribution in [2.45, 2.75) is 45.3 Å². The molecule has 1 aromatic carbocycles. The lowest BCUT2D eigenvalue weighted by molar-refractivity contribution is -0.151. The van der Waals surface area contributed by atoms with Gasteiger partial charge in [0.1, 0.15) is 6.04 Å². The van der Waals surface area contributed by atoms with Gasteiger partial charge in [0, 0.05) is 18.0 Å². The molecule has 0 amide bonds. The second-order valence-corrected chi connectivity index (χ2v) is 5.72. The van der Waals surface area contributed by atoms with E-state index in [9.17, 15) is 4.79 Å². The zero-order chi connectivity index (χ0) is 15.4. The Bertz CT molecular complexity index is 497. The summed E-state index contributed by atoms with van der Waals surface area (Å²) >= 11 is 0. The van der Waals surface area contributed by atoms with Crippen molar-refractivity contribution in [1.29, 1.82) is 0 Å². The van der Waals surface area contributed by atoms with Crippen LogP contribution in [0.2, 0.25) is 0 Å². The van der Waals surface area contributed by atoms with Crippen LogP contribution in [0.1, 0.15) is 38.8 Å². The number of nitrogens with zero attached hydrogens (tertiary/aromatic N) is 1. The molecule has 0 spiro atoms. The van der Waals surface area contributed by atoms with E-state index in [0.717, 1.165) is 6.42 Å². The Morgan fingerprint density at radius 3 is 2.52 bits per heavy atom. The number of rotatable bonds is 4. The fourth-order valence-corrected chi connectivity index (χ4v) is 3.22. The molecule has 2 rings (SSSR count). The minimum Gasteiger partial charge on any atom is -0.468 e. The van der Waals surface area contributed by atoms with E-state index in [2.05, 4.69) is 50.0 Å². The van der Waals surface area contributed by atoms with Crippen LogP contribution >= 0.6 is 0 Å². The molecule has 4 atom stereocenters. The molecule has 1 aliphatic rings. The van der Waals surface area contributed by atoms with Crippen molar-refractivity contribution in [3.63, 3.8) is 0 Å². The quantitative estimate of drug-likeness (QED) is 0.626. The Hall–Kier alpha value is -1.61. The van der Waals surface area contributed by atoms with Gasteiger partial charge in [0.2, 0.25) is 0 Å². The van der Waals surface area contributed by atoms with Crippen LogP contribution in [-0.4, -0.2) is 30.1 Å². The number of hydrogen-bond donors (Lipinski definition) is 0. The molecule has 0 aromatic heterocycles. The minimum absolute atomic E-state index is 0.145. The molecule has 21 heavy (non-hydrogen) atoms. The summed E-state index contributed by atoms with van der Waals surface area (Å²) in [4.78, 5) is 14.6. The molecule has 0 unspecified atom stereocenters. The van der Waals surface area contributed by atoms with E-state index in [0.29, 0.717) is 0 Å². The highest BCUT2D eigenvalue weighted by Gasteiger charge is 2.39. The molecule has 0 radical (unpaired) electrons. The topological polar surface area (TPSA) is 29.5 Å². The van der Waals surface area contributed by atoms with Crippen LogP contribution in [0, 0.1) is 5.92 Å². The summed E-state index contributed by atoms with van der Waals surface area (Å²) in [5, 5.41) is 0. The zero-order valence-electron chi connectivity index (χ0n) is 13.3. The minimum atomic E-state index is -0.222. The highest BCUT2D eigenvalue weighted by Crippen LogP contribution is 2.33. The maximum atomic E-state index is 12.3. The number of hydrogen-bond acceptors (Lipinski definition) is 3. The average molecular weight is 287 g/mol. The van der Waals surface area contributed by atoms with E-state index >= 15 is 0 Å². The van der Waals surface area contributed by atoms with Gasteiger partial charge in [0.25, 0.3) is 0 Å². The first-order valence-corrected chi connectivity index (χ1v) is 7.68. The largest absolute Gasteiger partial charge is 0.468 e. The lowest BCUT2D eigenvalue weighted by Crippen LogP contribution is -2.53. The third kappa shape index (κ3) is 3.18. The van der Waals surface area contributed by atoms with Crippen LogP contribution in [0.15, 0.2) is 42.5 Å². The fraction of sp³-hybridized carbons (Fsp3) is 0.500. The van der Waals surface area contributed by atoms with E-state index in [1.165, 1.54) is 12.7 Å². The van der Waals surface area contributed by atoms with Crippen LogP contribution < -0.4 is 0 Å². The third-order valence-corrected chi connectivity index (χ3v) is 4.43. The van der Waals surface area contributed by atoms with Gasteiger partial charge in [-0.25, -0.2) is 0 Å². The number of ether oxygens (including phenoxy) is 1. The normalized spacial score (nSPS) is 27.3. The van der Waals surface area contributed by atoms with Crippen molar-refractivity contribution >= 4 is 5.97 Å². The smallest absolute Gasteiger partial charge is 0.323 e. The van der Waals surface area contributed by atoms with Crippen molar-refractivity contribution in [2.24, 2.45) is 5.92 Å². The summed E-state index contributed by atoms with van der Waals surface area (Å²) in [5.74, 6) is 0.0134. The van der Waals surface area contributed by atoms with Gasteiger partial charge in [-0.1, -0.05) is 56.3 Å². The Morgan fingerprint density at radius 1 is 1.29 bits per heavy atom. The van der Waals surface area contributed by atoms with Crippen LogP contribution in [0.25, 0.3) is 0 Å². The van der Waals surface area contributed by atoms with Gasteiger partial charge in [-0.15, -0.1) is 0 Å². The van der Waals surface area contributed by atoms with Crippen LogP contribution in [-0.2, 0) is 9.53 Å². The maximum absolute atomic E-state index is 12.3. The molecule has 1 heterocycles. The predicted octanol–water partition coefficient (Wildman–Crippen LogP) is 3.58. The summed E-state index contributed by atoms with van der Waals surface area (Å²) in [6.07, 6.45) is 5.35. The maximum Gasteiger partial charge on any atom is 0.323 e. The summed E-state index contributed by atoms with van der Waals surface area (Å²) in [5.41, 5.74) is 1.23. The van der Waals surface area contributed by atoms with E-state index < -0.39 is 0 Å². The monoisotopic (exact) mass is 287 g/mol. The first-order chi connectivity index (χ1) is 10.1. The van der Waals surface area contributed by atoms with E-state index in [1.807, 2.05) is 18.2 Å². The van der Waals surface area contributed by atoms with Crippen molar-refractivity contribution < 1.29 is 9.53 Å². The Morgan fingerprint density at radius 2 is 1.95 bits per heavy atom. The Kier molecular flexibility index (Phi) is 5.18. The molecule has 0 bridgehead atoms. The van der Waals surface area contributed by atoms with Crippen LogP contribution in [0.4, 0.5) is 0 Å². The van der Waals surface area contributed by atoms with Gasteiger partial charge in [0.15, 0.2) is 0 Å². The van der Waals surface area contributed by atoms with Crippen molar-refractivity contribution in [3.8, 4) is 0 Å². The summed E-state index contributed by atoms with van der Waals surface area (Å²) in [6, 6.07) is 10.6. The highest BCUT2D eigenvalue weighted by atomic mass is 16.5. The molecule has 0 saturated heterocycles. The van der Waals surface area contributed by atoms with Gasteiger partial charge in [-0.05, 0) is 18.9 Å². The molecular formula is C18H25NO2. The van der Waals surface area contributed by atoms with E-state index in [1.54, 1.807) is 0 Å². The highest BCUT2D eigenvalue weighted by molar-refractivity contribution is 5.76. The van der Waals surface area contributed by atoms with Crippen molar-refractivity contribution in [3.05, 3.63) is 48.0 Å². The SMILES string of the molecule is CC[C@@H]1C=C[C@H](C)[C@H](C(=O)OC)N1[C@@H](C)c1ccccc1. The molecule has 1 aliphatic heterocycles. The molecule has 0 N–H and O–H groups in total. The molecule has 3 heteroatoms. The third-order valence-electron chi connectivity index (χ3n) is 4.43. The van der Waals surface area contributed by atoms with Crippen LogP contribution in [0.5, 0.6) is 0 Å². The lowest BCUT2D eigenvalue weighted by Gasteiger charge is -2.44. The van der Waals surface area contributed by atoms with E-state index in [-0.39, 0.29) is 30.0 Å². The number of carbonyl (C=O) groups excluding carboxylic acids is 1. The summed E-state index contributed by atoms with van der Waals surface area (Å²) < 4.78 is 5.05. The number of methoxy groups -OCH3 is 1. The predicted molar refractivity (Wildman–Crippen MR) is 84.9 cm³/mol. The van der Waals surface area contributed by atoms with Gasteiger partial charge >= 0.3 is 5.97 Å². The standard InChI is InChI=1S/C18H25NO2/c1-5-16-12-11-13(2)17(18(20)21-4)19(16)14(3)15-9-7-6-8-10-15/h6-14,16-17H,5H2,1-4H3/t13-,14-,16+,17+/m0/s1. The Balaban J connectivity index is 2.38. The second-order valence-electron chi connectivity index (χ2n) is 5.72. The summed E-state index contributed by atoms with van der Waals surface area (Å²) in [7, 11) is 1.47. The molecule has 0 aliphatic carbocycles.